The predicted octanol–water partition coefficient (Wildman–Crippen LogP) is 4.25. The van der Waals surface area contributed by atoms with Gasteiger partial charge in [0.15, 0.2) is 0 Å². The third-order valence-electron chi connectivity index (χ3n) is 5.88. The first-order valence-electron chi connectivity index (χ1n) is 9.84. The second-order valence-electron chi connectivity index (χ2n) is 7.53. The molecule has 4 nitrogen and oxygen atoms in total. The lowest BCUT2D eigenvalue weighted by atomic mass is 9.94. The predicted molar refractivity (Wildman–Crippen MR) is 111 cm³/mol. The van der Waals surface area contributed by atoms with Crippen molar-refractivity contribution in [1.29, 1.82) is 0 Å². The Balaban J connectivity index is 1.79. The summed E-state index contributed by atoms with van der Waals surface area (Å²) in [5.74, 6) is 0.950. The fourth-order valence-corrected chi connectivity index (χ4v) is 4.64. The molecule has 3 aliphatic rings. The minimum Gasteiger partial charge on any atom is -0.346 e. The Bertz CT molecular complexity index is 1070. The number of nitrogens with one attached hydrogen (secondary N) is 1. The number of H-pyrrole nitrogens is 1. The number of aliphatic imine (C=N–C) groups is 1. The minimum atomic E-state index is 0.538. The molecule has 0 saturated heterocycles. The first-order chi connectivity index (χ1) is 13.3. The Morgan fingerprint density at radius 2 is 2.00 bits per heavy atom. The Labute approximate surface area is 163 Å². The Morgan fingerprint density at radius 1 is 1.11 bits per heavy atom. The molecule has 3 heterocycles. The molecule has 0 unspecified atom stereocenters. The van der Waals surface area contributed by atoms with Gasteiger partial charge < -0.3 is 9.55 Å². The summed E-state index contributed by atoms with van der Waals surface area (Å²) in [6.45, 7) is 0. The van der Waals surface area contributed by atoms with Gasteiger partial charge in [0.2, 0.25) is 0 Å². The van der Waals surface area contributed by atoms with E-state index in [9.17, 15) is 0 Å². The van der Waals surface area contributed by atoms with Crippen molar-refractivity contribution in [3.8, 4) is 0 Å². The van der Waals surface area contributed by atoms with E-state index < -0.39 is 0 Å². The van der Waals surface area contributed by atoms with Crippen molar-refractivity contribution in [2.24, 2.45) is 4.99 Å². The normalized spacial score (nSPS) is 24.1. The molecule has 2 aromatic heterocycles. The van der Waals surface area contributed by atoms with Gasteiger partial charge >= 0.3 is 0 Å². The van der Waals surface area contributed by atoms with Crippen molar-refractivity contribution in [3.05, 3.63) is 58.1 Å². The van der Waals surface area contributed by atoms with Gasteiger partial charge in [-0.15, -0.1) is 0 Å². The molecule has 0 atom stereocenters. The topological polar surface area (TPSA) is 46.0 Å². The number of imidazole rings is 1. The van der Waals surface area contributed by atoms with E-state index in [0.29, 0.717) is 6.04 Å². The number of rotatable bonds is 1. The zero-order valence-corrected chi connectivity index (χ0v) is 16.0. The van der Waals surface area contributed by atoms with Gasteiger partial charge in [0.25, 0.3) is 0 Å². The van der Waals surface area contributed by atoms with Crippen LogP contribution >= 0.6 is 11.6 Å². The largest absolute Gasteiger partial charge is 0.346 e. The molecule has 27 heavy (non-hydrogen) atoms. The fraction of sp³-hybridized carbons (Fsp3) is 0.364. The standard InChI is InChI=1S/C22H23ClN4/c23-16-8-6-15(7-9-16)20-21(18-10-12-24-22-19(18)11-13-25-22)27(14-26-20)17-4-2-1-3-5-17/h6,8-9,11-14,17,25H,1-5,7,10H2. The molecule has 0 radical (unpaired) electrons. The molecule has 0 bridgehead atoms. The molecular formula is C22H23ClN4. The average molecular weight is 379 g/mol. The van der Waals surface area contributed by atoms with Gasteiger partial charge in [-0.1, -0.05) is 43.0 Å². The summed E-state index contributed by atoms with van der Waals surface area (Å²) in [7, 11) is 0. The molecule has 5 heteroatoms. The van der Waals surface area contributed by atoms with Gasteiger partial charge in [0.05, 0.1) is 17.0 Å². The number of nitrogens with zero attached hydrogens (tertiary/aromatic N) is 3. The van der Waals surface area contributed by atoms with Crippen LogP contribution in [0, 0.1) is 0 Å². The maximum atomic E-state index is 6.15. The fourth-order valence-electron chi connectivity index (χ4n) is 4.50. The summed E-state index contributed by atoms with van der Waals surface area (Å²) in [4.78, 5) is 12.7. The summed E-state index contributed by atoms with van der Waals surface area (Å²) in [5, 5.41) is 3.16. The lowest BCUT2D eigenvalue weighted by Crippen LogP contribution is -2.37. The van der Waals surface area contributed by atoms with Crippen LogP contribution in [0.5, 0.6) is 0 Å². The summed E-state index contributed by atoms with van der Waals surface area (Å²) in [6.07, 6.45) is 20.3. The SMILES string of the molecule is ClC1=CCC(=c2ncn(C3CCCCC3)c2=C2CC=Nc3[nH]ccc32)C=C1. The van der Waals surface area contributed by atoms with E-state index in [2.05, 4.69) is 39.1 Å². The second kappa shape index (κ2) is 7.01. The van der Waals surface area contributed by atoms with Crippen LogP contribution in [0.4, 0.5) is 5.82 Å². The van der Waals surface area contributed by atoms with Crippen molar-refractivity contribution < 1.29 is 0 Å². The molecule has 1 aliphatic heterocycles. The van der Waals surface area contributed by atoms with Crippen LogP contribution in [0.15, 0.2) is 46.8 Å². The number of halogens is 1. The van der Waals surface area contributed by atoms with Crippen molar-refractivity contribution in [2.45, 2.75) is 51.0 Å². The summed E-state index contributed by atoms with van der Waals surface area (Å²) in [5.41, 5.74) is 3.75. The molecule has 0 amide bonds. The second-order valence-corrected chi connectivity index (χ2v) is 7.96. The Hall–Kier alpha value is -2.33. The Kier molecular flexibility index (Phi) is 4.36. The van der Waals surface area contributed by atoms with E-state index in [1.807, 2.05) is 18.5 Å². The maximum Gasteiger partial charge on any atom is 0.137 e. The van der Waals surface area contributed by atoms with Gasteiger partial charge in [-0.25, -0.2) is 9.98 Å². The number of hydrogen-bond acceptors (Lipinski definition) is 2. The number of aromatic amines is 1. The van der Waals surface area contributed by atoms with Crippen LogP contribution in [0.1, 0.15) is 56.6 Å². The first kappa shape index (κ1) is 16.8. The van der Waals surface area contributed by atoms with Gasteiger partial charge in [-0.3, -0.25) is 0 Å². The maximum absolute atomic E-state index is 6.15. The van der Waals surface area contributed by atoms with Crippen LogP contribution in [0.25, 0.3) is 11.1 Å². The van der Waals surface area contributed by atoms with Crippen LogP contribution in [-0.2, 0) is 0 Å². The summed E-state index contributed by atoms with van der Waals surface area (Å²) >= 11 is 6.15. The highest BCUT2D eigenvalue weighted by molar-refractivity contribution is 6.31. The highest BCUT2D eigenvalue weighted by Gasteiger charge is 2.21. The number of fused-ring (bicyclic) bond motifs is 1. The minimum absolute atomic E-state index is 0.538. The van der Waals surface area contributed by atoms with E-state index >= 15 is 0 Å². The summed E-state index contributed by atoms with van der Waals surface area (Å²) < 4.78 is 2.44. The monoisotopic (exact) mass is 378 g/mol. The van der Waals surface area contributed by atoms with Crippen LogP contribution in [0.3, 0.4) is 0 Å². The van der Waals surface area contributed by atoms with Gasteiger partial charge in [0, 0.05) is 35.5 Å². The van der Waals surface area contributed by atoms with Crippen molar-refractivity contribution in [1.82, 2.24) is 14.5 Å². The average Bonchev–Trinajstić information content (AvgIpc) is 3.36. The van der Waals surface area contributed by atoms with Crippen molar-refractivity contribution >= 4 is 34.8 Å². The van der Waals surface area contributed by atoms with Crippen LogP contribution in [-0.4, -0.2) is 20.7 Å². The molecular weight excluding hydrogens is 356 g/mol. The zero-order valence-electron chi connectivity index (χ0n) is 15.3. The first-order valence-corrected chi connectivity index (χ1v) is 10.2. The van der Waals surface area contributed by atoms with Crippen LogP contribution in [0.2, 0.25) is 0 Å². The molecule has 138 valence electrons. The number of hydrogen-bond donors (Lipinski definition) is 1. The molecule has 5 rings (SSSR count). The number of allylic oxidation sites excluding steroid dienone is 4. The highest BCUT2D eigenvalue weighted by Crippen LogP contribution is 2.30. The lowest BCUT2D eigenvalue weighted by molar-refractivity contribution is 0.348. The van der Waals surface area contributed by atoms with E-state index in [4.69, 9.17) is 16.6 Å². The molecule has 0 spiro atoms. The molecule has 1 saturated carbocycles. The molecule has 1 N–H and O–H groups in total. The third-order valence-corrected chi connectivity index (χ3v) is 6.16. The van der Waals surface area contributed by atoms with E-state index in [1.54, 1.807) is 0 Å². The van der Waals surface area contributed by atoms with E-state index in [-0.39, 0.29) is 0 Å². The number of aromatic nitrogens is 3. The van der Waals surface area contributed by atoms with Gasteiger partial charge in [0.1, 0.15) is 5.82 Å². The molecule has 2 aromatic rings. The molecule has 2 aliphatic carbocycles. The Morgan fingerprint density at radius 3 is 2.81 bits per heavy atom. The van der Waals surface area contributed by atoms with Crippen LogP contribution < -0.4 is 10.7 Å². The molecule has 1 fully saturated rings. The summed E-state index contributed by atoms with van der Waals surface area (Å²) in [6, 6.07) is 2.68. The lowest BCUT2D eigenvalue weighted by Gasteiger charge is -2.24. The van der Waals surface area contributed by atoms with E-state index in [0.717, 1.165) is 29.0 Å². The van der Waals surface area contributed by atoms with E-state index in [1.165, 1.54) is 54.2 Å². The van der Waals surface area contributed by atoms with Gasteiger partial charge in [-0.05, 0) is 42.6 Å². The third kappa shape index (κ3) is 3.02. The smallest absolute Gasteiger partial charge is 0.137 e. The quantitative estimate of drug-likeness (QED) is 0.792. The van der Waals surface area contributed by atoms with Crippen molar-refractivity contribution in [2.75, 3.05) is 0 Å². The van der Waals surface area contributed by atoms with Gasteiger partial charge in [-0.2, -0.15) is 0 Å². The highest BCUT2D eigenvalue weighted by atomic mass is 35.5. The zero-order chi connectivity index (χ0) is 18.2. The molecule has 0 aromatic carbocycles. The van der Waals surface area contributed by atoms with Crippen molar-refractivity contribution in [3.63, 3.8) is 0 Å².